The summed E-state index contributed by atoms with van der Waals surface area (Å²) in [6.07, 6.45) is -4.34. The number of benzene rings is 2. The first-order valence-electron chi connectivity index (χ1n) is 8.72. The molecule has 1 unspecified atom stereocenters. The fraction of sp³-hybridized carbons (Fsp3) is 0.300. The smallest absolute Gasteiger partial charge is 0.422 e. The second-order valence-electron chi connectivity index (χ2n) is 6.58. The maximum absolute atomic E-state index is 12.5. The Morgan fingerprint density at radius 3 is 2.61 bits per heavy atom. The van der Waals surface area contributed by atoms with Gasteiger partial charge in [-0.05, 0) is 17.7 Å². The molecule has 5 nitrogen and oxygen atoms in total. The van der Waals surface area contributed by atoms with Gasteiger partial charge in [0, 0.05) is 31.3 Å². The fourth-order valence-electron chi connectivity index (χ4n) is 2.98. The highest BCUT2D eigenvalue weighted by molar-refractivity contribution is 5.97. The van der Waals surface area contributed by atoms with E-state index >= 15 is 0 Å². The van der Waals surface area contributed by atoms with Gasteiger partial charge in [0.25, 0.3) is 0 Å². The van der Waals surface area contributed by atoms with E-state index in [1.807, 2.05) is 30.3 Å². The van der Waals surface area contributed by atoms with E-state index in [-0.39, 0.29) is 24.0 Å². The highest BCUT2D eigenvalue weighted by atomic mass is 19.4. The molecule has 2 amide bonds. The summed E-state index contributed by atoms with van der Waals surface area (Å²) in [4.78, 5) is 26.3. The van der Waals surface area contributed by atoms with Crippen LogP contribution in [0.2, 0.25) is 0 Å². The lowest BCUT2D eigenvalue weighted by atomic mass is 10.1. The third kappa shape index (κ3) is 5.48. The molecule has 1 atom stereocenters. The summed E-state index contributed by atoms with van der Waals surface area (Å²) in [7, 11) is 0. The number of amides is 2. The van der Waals surface area contributed by atoms with Gasteiger partial charge in [0.15, 0.2) is 6.61 Å². The molecular formula is C20H19F3N2O3. The monoisotopic (exact) mass is 392 g/mol. The molecule has 0 bridgehead atoms. The molecule has 0 aliphatic carbocycles. The van der Waals surface area contributed by atoms with Crippen molar-refractivity contribution in [2.24, 2.45) is 5.92 Å². The van der Waals surface area contributed by atoms with Gasteiger partial charge >= 0.3 is 6.18 Å². The number of carbonyl (C=O) groups excluding carboxylic acids is 2. The van der Waals surface area contributed by atoms with Crippen molar-refractivity contribution >= 4 is 17.5 Å². The molecule has 0 aromatic heterocycles. The highest BCUT2D eigenvalue weighted by Crippen LogP contribution is 2.24. The zero-order valence-corrected chi connectivity index (χ0v) is 14.9. The summed E-state index contributed by atoms with van der Waals surface area (Å²) in [6, 6.07) is 15.2. The molecular weight excluding hydrogens is 373 g/mol. The van der Waals surface area contributed by atoms with E-state index in [0.717, 1.165) is 5.56 Å². The number of carbonyl (C=O) groups is 2. The van der Waals surface area contributed by atoms with Crippen LogP contribution >= 0.6 is 0 Å². The second kappa shape index (κ2) is 8.33. The molecule has 3 rings (SSSR count). The number of anilines is 1. The minimum absolute atomic E-state index is 0.00308. The zero-order chi connectivity index (χ0) is 20.1. The van der Waals surface area contributed by atoms with Crippen LogP contribution in [-0.4, -0.2) is 36.0 Å². The van der Waals surface area contributed by atoms with Crippen LogP contribution in [-0.2, 0) is 16.1 Å². The van der Waals surface area contributed by atoms with Crippen LogP contribution in [0.5, 0.6) is 5.75 Å². The molecule has 0 radical (unpaired) electrons. The topological polar surface area (TPSA) is 58.6 Å². The quantitative estimate of drug-likeness (QED) is 0.817. The van der Waals surface area contributed by atoms with Crippen molar-refractivity contribution in [1.82, 2.24) is 4.90 Å². The van der Waals surface area contributed by atoms with Gasteiger partial charge < -0.3 is 15.0 Å². The first-order chi connectivity index (χ1) is 13.3. The fourth-order valence-corrected chi connectivity index (χ4v) is 2.98. The van der Waals surface area contributed by atoms with Gasteiger partial charge in [0.1, 0.15) is 5.75 Å². The van der Waals surface area contributed by atoms with Crippen molar-refractivity contribution < 1.29 is 27.5 Å². The molecule has 28 heavy (non-hydrogen) atoms. The largest absolute Gasteiger partial charge is 0.484 e. The van der Waals surface area contributed by atoms with Crippen LogP contribution < -0.4 is 10.1 Å². The molecule has 148 valence electrons. The summed E-state index contributed by atoms with van der Waals surface area (Å²) >= 11 is 0. The van der Waals surface area contributed by atoms with Gasteiger partial charge in [-0.1, -0.05) is 36.4 Å². The second-order valence-corrected chi connectivity index (χ2v) is 6.58. The molecule has 1 heterocycles. The van der Waals surface area contributed by atoms with E-state index in [9.17, 15) is 22.8 Å². The van der Waals surface area contributed by atoms with Gasteiger partial charge in [0.05, 0.1) is 5.92 Å². The van der Waals surface area contributed by atoms with Crippen molar-refractivity contribution in [2.75, 3.05) is 18.5 Å². The number of ether oxygens (including phenoxy) is 1. The molecule has 0 saturated carbocycles. The van der Waals surface area contributed by atoms with Gasteiger partial charge in [-0.2, -0.15) is 13.2 Å². The Hall–Kier alpha value is -3.03. The summed E-state index contributed by atoms with van der Waals surface area (Å²) in [5, 5.41) is 2.65. The number of alkyl halides is 3. The summed E-state index contributed by atoms with van der Waals surface area (Å²) < 4.78 is 41.4. The van der Waals surface area contributed by atoms with E-state index < -0.39 is 18.7 Å². The molecule has 1 saturated heterocycles. The molecule has 2 aromatic rings. The molecule has 1 fully saturated rings. The van der Waals surface area contributed by atoms with Crippen LogP contribution in [0.3, 0.4) is 0 Å². The number of halogens is 3. The minimum Gasteiger partial charge on any atom is -0.484 e. The van der Waals surface area contributed by atoms with Crippen LogP contribution in [0, 0.1) is 5.92 Å². The van der Waals surface area contributed by atoms with E-state index in [1.54, 1.807) is 11.0 Å². The average Bonchev–Trinajstić information content (AvgIpc) is 3.01. The maximum Gasteiger partial charge on any atom is 0.422 e. The molecule has 0 spiro atoms. The predicted molar refractivity (Wildman–Crippen MR) is 96.6 cm³/mol. The lowest BCUT2D eigenvalue weighted by Gasteiger charge is -2.17. The Bertz CT molecular complexity index is 840. The van der Waals surface area contributed by atoms with Gasteiger partial charge in [0.2, 0.25) is 11.8 Å². The lowest BCUT2D eigenvalue weighted by molar-refractivity contribution is -0.153. The highest BCUT2D eigenvalue weighted by Gasteiger charge is 2.34. The number of hydrogen-bond donors (Lipinski definition) is 1. The van der Waals surface area contributed by atoms with Gasteiger partial charge in [-0.25, -0.2) is 0 Å². The van der Waals surface area contributed by atoms with E-state index in [0.29, 0.717) is 18.8 Å². The average molecular weight is 392 g/mol. The zero-order valence-electron chi connectivity index (χ0n) is 14.9. The van der Waals surface area contributed by atoms with Gasteiger partial charge in [-0.3, -0.25) is 9.59 Å². The standard InChI is InChI=1S/C20H19F3N2O3/c21-20(22,23)13-28-17-8-4-7-16(10-17)24-19(27)15-9-18(26)25(12-15)11-14-5-2-1-3-6-14/h1-8,10,15H,9,11-13H2,(H,24,27). The third-order valence-electron chi connectivity index (χ3n) is 4.31. The molecule has 1 aliphatic rings. The Balaban J connectivity index is 1.57. The summed E-state index contributed by atoms with van der Waals surface area (Å²) in [5.74, 6) is -0.970. The Morgan fingerprint density at radius 1 is 1.14 bits per heavy atom. The number of nitrogens with one attached hydrogen (secondary N) is 1. The van der Waals surface area contributed by atoms with Crippen molar-refractivity contribution in [3.63, 3.8) is 0 Å². The Labute approximate surface area is 160 Å². The number of nitrogens with zero attached hydrogens (tertiary/aromatic N) is 1. The van der Waals surface area contributed by atoms with E-state index in [2.05, 4.69) is 10.1 Å². The molecule has 1 N–H and O–H groups in total. The number of hydrogen-bond acceptors (Lipinski definition) is 3. The van der Waals surface area contributed by atoms with Crippen LogP contribution in [0.4, 0.5) is 18.9 Å². The van der Waals surface area contributed by atoms with E-state index in [1.165, 1.54) is 18.2 Å². The predicted octanol–water partition coefficient (Wildman–Crippen LogP) is 3.61. The molecule has 8 heteroatoms. The van der Waals surface area contributed by atoms with Crippen molar-refractivity contribution in [3.05, 3.63) is 60.2 Å². The Kier molecular flexibility index (Phi) is 5.87. The van der Waals surface area contributed by atoms with Crippen molar-refractivity contribution in [1.29, 1.82) is 0 Å². The molecule has 1 aliphatic heterocycles. The third-order valence-corrected chi connectivity index (χ3v) is 4.31. The summed E-state index contributed by atoms with van der Waals surface area (Å²) in [6.45, 7) is -0.677. The van der Waals surface area contributed by atoms with E-state index in [4.69, 9.17) is 0 Å². The van der Waals surface area contributed by atoms with Crippen LogP contribution in [0.1, 0.15) is 12.0 Å². The van der Waals surface area contributed by atoms with Crippen LogP contribution in [0.25, 0.3) is 0 Å². The number of rotatable bonds is 6. The maximum atomic E-state index is 12.5. The van der Waals surface area contributed by atoms with Crippen molar-refractivity contribution in [3.8, 4) is 5.75 Å². The lowest BCUT2D eigenvalue weighted by Crippen LogP contribution is -2.28. The SMILES string of the molecule is O=C(Nc1cccc(OCC(F)(F)F)c1)C1CC(=O)N(Cc2ccccc2)C1. The van der Waals surface area contributed by atoms with Crippen molar-refractivity contribution in [2.45, 2.75) is 19.1 Å². The number of likely N-dealkylation sites (tertiary alicyclic amines) is 1. The molecule has 2 aromatic carbocycles. The first kappa shape index (κ1) is 19.7. The van der Waals surface area contributed by atoms with Crippen LogP contribution in [0.15, 0.2) is 54.6 Å². The minimum atomic E-state index is -4.44. The van der Waals surface area contributed by atoms with Gasteiger partial charge in [-0.15, -0.1) is 0 Å². The Morgan fingerprint density at radius 2 is 1.89 bits per heavy atom. The summed E-state index contributed by atoms with van der Waals surface area (Å²) in [5.41, 5.74) is 1.30. The normalized spacial score (nSPS) is 16.9. The first-order valence-corrected chi connectivity index (χ1v) is 8.72.